The number of benzene rings is 1. The van der Waals surface area contributed by atoms with Crippen LogP contribution in [-0.2, 0) is 24.1 Å². The van der Waals surface area contributed by atoms with Crippen molar-refractivity contribution in [3.63, 3.8) is 0 Å². The second-order valence-corrected chi connectivity index (χ2v) is 7.31. The molecular weight excluding hydrogens is 407 g/mol. The molecule has 0 radical (unpaired) electrons. The van der Waals surface area contributed by atoms with Crippen LogP contribution in [0.1, 0.15) is 35.7 Å². The van der Waals surface area contributed by atoms with Crippen LogP contribution in [0, 0.1) is 0 Å². The molecule has 152 valence electrons. The van der Waals surface area contributed by atoms with Gasteiger partial charge < -0.3 is 5.32 Å². The van der Waals surface area contributed by atoms with Crippen molar-refractivity contribution in [3.8, 4) is 0 Å². The molecule has 0 aliphatic heterocycles. The molecule has 0 spiro atoms. The van der Waals surface area contributed by atoms with Gasteiger partial charge in [0.1, 0.15) is 6.54 Å². The maximum atomic E-state index is 13.1. The van der Waals surface area contributed by atoms with E-state index < -0.39 is 22.8 Å². The summed E-state index contributed by atoms with van der Waals surface area (Å²) in [6, 6.07) is 9.00. The summed E-state index contributed by atoms with van der Waals surface area (Å²) in [4.78, 5) is 12.5. The van der Waals surface area contributed by atoms with E-state index in [1.165, 1.54) is 0 Å². The monoisotopic (exact) mass is 423 g/mol. The van der Waals surface area contributed by atoms with Crippen molar-refractivity contribution in [2.75, 3.05) is 5.32 Å². The van der Waals surface area contributed by atoms with Crippen LogP contribution in [0.4, 0.5) is 18.9 Å². The Labute approximate surface area is 169 Å². The highest BCUT2D eigenvalue weighted by atomic mass is 35.5. The maximum Gasteiger partial charge on any atom is 0.436 e. The summed E-state index contributed by atoms with van der Waals surface area (Å²) in [5, 5.41) is 10.0. The highest BCUT2D eigenvalue weighted by Gasteiger charge is 2.42. The Morgan fingerprint density at radius 2 is 2.07 bits per heavy atom. The predicted octanol–water partition coefficient (Wildman–Crippen LogP) is 4.32. The molecule has 1 saturated carbocycles. The average molecular weight is 424 g/mol. The Morgan fingerprint density at radius 1 is 1.28 bits per heavy atom. The van der Waals surface area contributed by atoms with Crippen LogP contribution in [0.15, 0.2) is 42.7 Å². The largest absolute Gasteiger partial charge is 0.436 e. The molecule has 10 heteroatoms. The van der Waals surface area contributed by atoms with Gasteiger partial charge in [0, 0.05) is 24.0 Å². The number of alkyl halides is 3. The molecular formula is C19H17ClF3N5O. The van der Waals surface area contributed by atoms with Crippen LogP contribution in [0.5, 0.6) is 0 Å². The number of carbonyl (C=O) groups excluding carboxylic acids is 1. The van der Waals surface area contributed by atoms with E-state index in [0.29, 0.717) is 12.2 Å². The number of rotatable bonds is 6. The van der Waals surface area contributed by atoms with E-state index in [1.54, 1.807) is 29.1 Å². The van der Waals surface area contributed by atoms with E-state index in [2.05, 4.69) is 15.5 Å². The Hall–Kier alpha value is -2.81. The first-order chi connectivity index (χ1) is 13.8. The molecule has 1 aliphatic rings. The molecule has 2 heterocycles. The van der Waals surface area contributed by atoms with E-state index in [-0.39, 0.29) is 18.2 Å². The summed E-state index contributed by atoms with van der Waals surface area (Å²) in [5.74, 6) is -0.563. The van der Waals surface area contributed by atoms with Gasteiger partial charge in [0.15, 0.2) is 5.69 Å². The zero-order valence-corrected chi connectivity index (χ0v) is 15.9. The van der Waals surface area contributed by atoms with Crippen molar-refractivity contribution in [1.29, 1.82) is 0 Å². The Bertz CT molecular complexity index is 1030. The van der Waals surface area contributed by atoms with E-state index >= 15 is 0 Å². The fraction of sp³-hybridized carbons (Fsp3) is 0.316. The van der Waals surface area contributed by atoms with Gasteiger partial charge in [-0.3, -0.25) is 14.2 Å². The number of halogens is 4. The Morgan fingerprint density at radius 3 is 2.72 bits per heavy atom. The minimum Gasteiger partial charge on any atom is -0.324 e. The number of hydrogen-bond donors (Lipinski definition) is 1. The SMILES string of the molecule is O=C(Cn1nc(C(F)(F)F)c(Cl)c1C1CC1)Nc1cccc(Cn2cccn2)c1. The van der Waals surface area contributed by atoms with Crippen LogP contribution in [0.2, 0.25) is 5.02 Å². The van der Waals surface area contributed by atoms with Gasteiger partial charge in [0.2, 0.25) is 5.91 Å². The minimum absolute atomic E-state index is 0.0868. The molecule has 4 rings (SSSR count). The number of nitrogens with zero attached hydrogens (tertiary/aromatic N) is 4. The zero-order chi connectivity index (χ0) is 20.6. The average Bonchev–Trinajstić information content (AvgIpc) is 3.23. The third-order valence-electron chi connectivity index (χ3n) is 4.57. The van der Waals surface area contributed by atoms with Crippen LogP contribution in [-0.4, -0.2) is 25.5 Å². The van der Waals surface area contributed by atoms with Gasteiger partial charge in [-0.25, -0.2) is 0 Å². The molecule has 29 heavy (non-hydrogen) atoms. The molecule has 0 unspecified atom stereocenters. The fourth-order valence-corrected chi connectivity index (χ4v) is 3.56. The molecule has 1 aromatic carbocycles. The van der Waals surface area contributed by atoms with Crippen molar-refractivity contribution >= 4 is 23.2 Å². The van der Waals surface area contributed by atoms with E-state index in [4.69, 9.17) is 11.6 Å². The quantitative estimate of drug-likeness (QED) is 0.642. The van der Waals surface area contributed by atoms with E-state index in [9.17, 15) is 18.0 Å². The zero-order valence-electron chi connectivity index (χ0n) is 15.2. The van der Waals surface area contributed by atoms with Crippen LogP contribution in [0.3, 0.4) is 0 Å². The van der Waals surface area contributed by atoms with Crippen molar-refractivity contribution < 1.29 is 18.0 Å². The number of hydrogen-bond acceptors (Lipinski definition) is 3. The summed E-state index contributed by atoms with van der Waals surface area (Å²) in [6.45, 7) is 0.192. The number of amides is 1. The molecule has 0 atom stereocenters. The molecule has 1 fully saturated rings. The summed E-state index contributed by atoms with van der Waals surface area (Å²) in [6.07, 6.45) is 0.306. The number of nitrogens with one attached hydrogen (secondary N) is 1. The van der Waals surface area contributed by atoms with Crippen molar-refractivity contribution in [3.05, 3.63) is 64.7 Å². The minimum atomic E-state index is -4.66. The van der Waals surface area contributed by atoms with E-state index in [0.717, 1.165) is 23.1 Å². The Balaban J connectivity index is 1.49. The topological polar surface area (TPSA) is 64.7 Å². The van der Waals surface area contributed by atoms with Gasteiger partial charge in [0.25, 0.3) is 0 Å². The molecule has 1 aliphatic carbocycles. The predicted molar refractivity (Wildman–Crippen MR) is 101 cm³/mol. The summed E-state index contributed by atoms with van der Waals surface area (Å²) in [5.41, 5.74) is 0.602. The first kappa shape index (κ1) is 19.5. The van der Waals surface area contributed by atoms with Gasteiger partial charge >= 0.3 is 6.18 Å². The van der Waals surface area contributed by atoms with Crippen molar-refractivity contribution in [2.24, 2.45) is 0 Å². The first-order valence-corrected chi connectivity index (χ1v) is 9.38. The van der Waals surface area contributed by atoms with Gasteiger partial charge in [0.05, 0.1) is 17.3 Å². The lowest BCUT2D eigenvalue weighted by Crippen LogP contribution is -2.21. The molecule has 0 saturated heterocycles. The first-order valence-electron chi connectivity index (χ1n) is 9.01. The van der Waals surface area contributed by atoms with Gasteiger partial charge in [-0.05, 0) is 36.6 Å². The lowest BCUT2D eigenvalue weighted by Gasteiger charge is -2.10. The second kappa shape index (κ2) is 7.55. The molecule has 0 bridgehead atoms. The molecule has 1 N–H and O–H groups in total. The lowest BCUT2D eigenvalue weighted by atomic mass is 10.2. The molecule has 6 nitrogen and oxygen atoms in total. The van der Waals surface area contributed by atoms with Crippen molar-refractivity contribution in [1.82, 2.24) is 19.6 Å². The smallest absolute Gasteiger partial charge is 0.324 e. The third kappa shape index (κ3) is 4.45. The summed E-state index contributed by atoms with van der Waals surface area (Å²) in [7, 11) is 0. The van der Waals surface area contributed by atoms with Gasteiger partial charge in [-0.2, -0.15) is 23.4 Å². The van der Waals surface area contributed by atoms with Crippen LogP contribution < -0.4 is 5.32 Å². The number of aromatic nitrogens is 4. The number of carbonyl (C=O) groups is 1. The van der Waals surface area contributed by atoms with Crippen molar-refractivity contribution in [2.45, 2.75) is 38.0 Å². The van der Waals surface area contributed by atoms with E-state index in [1.807, 2.05) is 18.3 Å². The standard InChI is InChI=1S/C19H17ClF3N5O/c20-16-17(13-5-6-13)28(26-18(16)19(21,22)23)11-15(29)25-14-4-1-3-12(9-14)10-27-8-2-7-24-27/h1-4,7-9,13H,5-6,10-11H2,(H,25,29). The highest BCUT2D eigenvalue weighted by Crippen LogP contribution is 2.46. The van der Waals surface area contributed by atoms with Crippen LogP contribution >= 0.6 is 11.6 Å². The van der Waals surface area contributed by atoms with Gasteiger partial charge in [-0.15, -0.1) is 0 Å². The molecule has 3 aromatic rings. The maximum absolute atomic E-state index is 13.1. The third-order valence-corrected chi connectivity index (χ3v) is 4.94. The summed E-state index contributed by atoms with van der Waals surface area (Å²) < 4.78 is 42.2. The van der Waals surface area contributed by atoms with Crippen LogP contribution in [0.25, 0.3) is 0 Å². The highest BCUT2D eigenvalue weighted by molar-refractivity contribution is 6.32. The van der Waals surface area contributed by atoms with Gasteiger partial charge in [-0.1, -0.05) is 23.7 Å². The fourth-order valence-electron chi connectivity index (χ4n) is 3.17. The lowest BCUT2D eigenvalue weighted by molar-refractivity contribution is -0.141. The second-order valence-electron chi connectivity index (χ2n) is 6.93. The number of anilines is 1. The summed E-state index contributed by atoms with van der Waals surface area (Å²) >= 11 is 5.94. The molecule has 1 amide bonds. The molecule has 2 aromatic heterocycles. The normalized spacial score (nSPS) is 14.2. The Kier molecular flexibility index (Phi) is 5.08.